The first-order chi connectivity index (χ1) is 11.6. The monoisotopic (exact) mass is 468 g/mol. The summed E-state index contributed by atoms with van der Waals surface area (Å²) in [7, 11) is 1.83. The zero-order chi connectivity index (χ0) is 17.6. The van der Waals surface area contributed by atoms with Crippen LogP contribution in [-0.4, -0.2) is 63.8 Å². The van der Waals surface area contributed by atoms with Gasteiger partial charge in [-0.05, 0) is 57.0 Å². The van der Waals surface area contributed by atoms with E-state index in [-0.39, 0.29) is 24.0 Å². The molecule has 0 spiro atoms. The van der Waals surface area contributed by atoms with Gasteiger partial charge in [0.1, 0.15) is 0 Å². The molecule has 2 N–H and O–H groups in total. The predicted molar refractivity (Wildman–Crippen MR) is 119 cm³/mol. The predicted octanol–water partition coefficient (Wildman–Crippen LogP) is 3.34. The lowest BCUT2D eigenvalue weighted by Gasteiger charge is -2.30. The number of nitrogens with zero attached hydrogens (tertiary/aromatic N) is 2. The van der Waals surface area contributed by atoms with Gasteiger partial charge in [0, 0.05) is 39.9 Å². The lowest BCUT2D eigenvalue weighted by molar-refractivity contribution is 0.108. The van der Waals surface area contributed by atoms with Gasteiger partial charge < -0.3 is 20.3 Å². The summed E-state index contributed by atoms with van der Waals surface area (Å²) in [6, 6.07) is 0. The van der Waals surface area contributed by atoms with Gasteiger partial charge in [-0.15, -0.1) is 24.0 Å². The number of hydrogen-bond donors (Lipinski definition) is 2. The van der Waals surface area contributed by atoms with E-state index in [2.05, 4.69) is 41.3 Å². The van der Waals surface area contributed by atoms with Crippen molar-refractivity contribution < 1.29 is 4.74 Å². The average molecular weight is 468 g/mol. The molecular weight excluding hydrogens is 427 g/mol. The summed E-state index contributed by atoms with van der Waals surface area (Å²) in [4.78, 5) is 6.90. The Balaban J connectivity index is 0.00000576. The molecule has 0 amide bonds. The molecule has 0 aliphatic carbocycles. The number of hydrogen-bond acceptors (Lipinski definition) is 3. The molecule has 0 saturated carbocycles. The normalized spacial score (nSPS) is 18.9. The second kappa shape index (κ2) is 16.1. The van der Waals surface area contributed by atoms with E-state index in [1.165, 1.54) is 45.3 Å². The van der Waals surface area contributed by atoms with Crippen LogP contribution in [0.4, 0.5) is 0 Å². The Kier molecular flexibility index (Phi) is 16.1. The molecule has 1 aliphatic rings. The van der Waals surface area contributed by atoms with E-state index in [1.54, 1.807) is 0 Å². The summed E-state index contributed by atoms with van der Waals surface area (Å²) in [5, 5.41) is 6.76. The second-order valence-corrected chi connectivity index (χ2v) is 7.50. The Morgan fingerprint density at radius 3 is 2.56 bits per heavy atom. The van der Waals surface area contributed by atoms with Crippen molar-refractivity contribution in [2.45, 2.75) is 52.9 Å². The standard InChI is InChI=1S/C19H40N4O.HI/c1-17(2)16-24-14-8-11-22-19(20-4)21-10-5-6-12-23-13-7-9-18(3)15-23;/h17-18H,5-16H2,1-4H3,(H2,20,21,22);1H. The molecule has 0 bridgehead atoms. The lowest BCUT2D eigenvalue weighted by Crippen LogP contribution is -2.39. The van der Waals surface area contributed by atoms with E-state index < -0.39 is 0 Å². The van der Waals surface area contributed by atoms with E-state index >= 15 is 0 Å². The van der Waals surface area contributed by atoms with Crippen LogP contribution in [0.15, 0.2) is 4.99 Å². The second-order valence-electron chi connectivity index (χ2n) is 7.50. The molecule has 1 heterocycles. The topological polar surface area (TPSA) is 48.9 Å². The average Bonchev–Trinajstić information content (AvgIpc) is 2.55. The fourth-order valence-corrected chi connectivity index (χ4v) is 3.08. The maximum atomic E-state index is 5.58. The number of unbranched alkanes of at least 4 members (excludes halogenated alkanes) is 1. The van der Waals surface area contributed by atoms with Crippen molar-refractivity contribution in [3.8, 4) is 0 Å². The first kappa shape index (κ1) is 24.9. The fourth-order valence-electron chi connectivity index (χ4n) is 3.08. The summed E-state index contributed by atoms with van der Waals surface area (Å²) in [5.74, 6) is 2.40. The van der Waals surface area contributed by atoms with Crippen molar-refractivity contribution >= 4 is 29.9 Å². The smallest absolute Gasteiger partial charge is 0.190 e. The maximum Gasteiger partial charge on any atom is 0.190 e. The van der Waals surface area contributed by atoms with E-state index in [4.69, 9.17) is 4.74 Å². The quantitative estimate of drug-likeness (QED) is 0.211. The lowest BCUT2D eigenvalue weighted by atomic mass is 10.0. The van der Waals surface area contributed by atoms with E-state index in [9.17, 15) is 0 Å². The molecule has 0 radical (unpaired) electrons. The van der Waals surface area contributed by atoms with Crippen molar-refractivity contribution in [3.63, 3.8) is 0 Å². The Hall–Kier alpha value is -0.0800. The molecule has 0 aromatic rings. The largest absolute Gasteiger partial charge is 0.381 e. The van der Waals surface area contributed by atoms with Crippen molar-refractivity contribution in [2.75, 3.05) is 53.0 Å². The number of ether oxygens (including phenoxy) is 1. The van der Waals surface area contributed by atoms with Crippen LogP contribution in [0, 0.1) is 11.8 Å². The van der Waals surface area contributed by atoms with Gasteiger partial charge in [0.25, 0.3) is 0 Å². The summed E-state index contributed by atoms with van der Waals surface area (Å²) >= 11 is 0. The van der Waals surface area contributed by atoms with Gasteiger partial charge >= 0.3 is 0 Å². The Labute approximate surface area is 172 Å². The maximum absolute atomic E-state index is 5.58. The highest BCUT2D eigenvalue weighted by Gasteiger charge is 2.15. The van der Waals surface area contributed by atoms with E-state index in [0.29, 0.717) is 5.92 Å². The van der Waals surface area contributed by atoms with E-state index in [1.807, 2.05) is 7.05 Å². The zero-order valence-corrected chi connectivity index (χ0v) is 19.2. The molecule has 150 valence electrons. The molecule has 0 aromatic heterocycles. The fraction of sp³-hybridized carbons (Fsp3) is 0.947. The van der Waals surface area contributed by atoms with Crippen molar-refractivity contribution in [2.24, 2.45) is 16.8 Å². The minimum absolute atomic E-state index is 0. The van der Waals surface area contributed by atoms with Crippen LogP contribution in [0.1, 0.15) is 52.9 Å². The number of likely N-dealkylation sites (tertiary alicyclic amines) is 1. The first-order valence-corrected chi connectivity index (χ1v) is 9.86. The highest BCUT2D eigenvalue weighted by molar-refractivity contribution is 14.0. The van der Waals surface area contributed by atoms with Gasteiger partial charge in [-0.1, -0.05) is 20.8 Å². The molecule has 5 nitrogen and oxygen atoms in total. The third kappa shape index (κ3) is 13.7. The summed E-state index contributed by atoms with van der Waals surface area (Å²) in [5.41, 5.74) is 0. The van der Waals surface area contributed by atoms with Crippen LogP contribution in [0.25, 0.3) is 0 Å². The van der Waals surface area contributed by atoms with Crippen molar-refractivity contribution in [1.29, 1.82) is 0 Å². The molecular formula is C19H41IN4O. The summed E-state index contributed by atoms with van der Waals surface area (Å²) in [6.07, 6.45) is 6.25. The minimum atomic E-state index is 0. The number of rotatable bonds is 11. The SMILES string of the molecule is CN=C(NCCCCN1CCCC(C)C1)NCCCOCC(C)C.I. The van der Waals surface area contributed by atoms with Gasteiger partial charge in [-0.2, -0.15) is 0 Å². The van der Waals surface area contributed by atoms with Crippen LogP contribution in [-0.2, 0) is 4.74 Å². The van der Waals surface area contributed by atoms with Crippen LogP contribution in [0.3, 0.4) is 0 Å². The number of halogens is 1. The Bertz CT molecular complexity index is 339. The van der Waals surface area contributed by atoms with Gasteiger partial charge in [-0.3, -0.25) is 4.99 Å². The molecule has 1 fully saturated rings. The van der Waals surface area contributed by atoms with Gasteiger partial charge in [0.2, 0.25) is 0 Å². The van der Waals surface area contributed by atoms with Crippen LogP contribution < -0.4 is 10.6 Å². The molecule has 1 aliphatic heterocycles. The number of nitrogens with one attached hydrogen (secondary N) is 2. The Morgan fingerprint density at radius 2 is 1.92 bits per heavy atom. The number of guanidine groups is 1. The molecule has 25 heavy (non-hydrogen) atoms. The molecule has 6 heteroatoms. The van der Waals surface area contributed by atoms with Crippen LogP contribution >= 0.6 is 24.0 Å². The highest BCUT2D eigenvalue weighted by atomic mass is 127. The molecule has 0 aromatic carbocycles. The first-order valence-electron chi connectivity index (χ1n) is 9.86. The minimum Gasteiger partial charge on any atom is -0.381 e. The third-order valence-corrected chi connectivity index (χ3v) is 4.37. The summed E-state index contributed by atoms with van der Waals surface area (Å²) < 4.78 is 5.58. The molecule has 1 unspecified atom stereocenters. The van der Waals surface area contributed by atoms with E-state index in [0.717, 1.165) is 44.6 Å². The van der Waals surface area contributed by atoms with Gasteiger partial charge in [0.15, 0.2) is 5.96 Å². The Morgan fingerprint density at radius 1 is 1.20 bits per heavy atom. The molecule has 1 rings (SSSR count). The zero-order valence-electron chi connectivity index (χ0n) is 16.9. The third-order valence-electron chi connectivity index (χ3n) is 4.37. The van der Waals surface area contributed by atoms with Crippen molar-refractivity contribution in [3.05, 3.63) is 0 Å². The van der Waals surface area contributed by atoms with Gasteiger partial charge in [0.05, 0.1) is 0 Å². The number of piperidine rings is 1. The van der Waals surface area contributed by atoms with Crippen LogP contribution in [0.2, 0.25) is 0 Å². The molecule has 1 saturated heterocycles. The van der Waals surface area contributed by atoms with Crippen molar-refractivity contribution in [1.82, 2.24) is 15.5 Å². The summed E-state index contributed by atoms with van der Waals surface area (Å²) in [6.45, 7) is 14.1. The van der Waals surface area contributed by atoms with Gasteiger partial charge in [-0.25, -0.2) is 0 Å². The molecule has 1 atom stereocenters. The highest BCUT2D eigenvalue weighted by Crippen LogP contribution is 2.15. The van der Waals surface area contributed by atoms with Crippen LogP contribution in [0.5, 0.6) is 0 Å². The number of aliphatic imine (C=N–C) groups is 1.